The molecule has 2 atom stereocenters. The highest BCUT2D eigenvalue weighted by atomic mass is 16.5. The number of hydrogen-bond acceptors (Lipinski definition) is 4. The molecule has 6 nitrogen and oxygen atoms in total. The van der Waals surface area contributed by atoms with E-state index in [1.54, 1.807) is 4.90 Å². The second-order valence-corrected chi connectivity index (χ2v) is 5.97. The van der Waals surface area contributed by atoms with Gasteiger partial charge < -0.3 is 15.2 Å². The number of carboxylic acids is 1. The van der Waals surface area contributed by atoms with Gasteiger partial charge in [-0.05, 0) is 38.8 Å². The molecule has 1 aromatic rings. The fourth-order valence-electron chi connectivity index (χ4n) is 3.17. The van der Waals surface area contributed by atoms with E-state index in [-0.39, 0.29) is 18.5 Å². The van der Waals surface area contributed by atoms with E-state index in [0.29, 0.717) is 19.6 Å². The molecule has 6 heteroatoms. The number of amides is 1. The molecule has 1 aliphatic rings. The molecular formula is C18H26N2O4. The molecular weight excluding hydrogens is 308 g/mol. The summed E-state index contributed by atoms with van der Waals surface area (Å²) in [6.45, 7) is 5.26. The van der Waals surface area contributed by atoms with Gasteiger partial charge in [-0.3, -0.25) is 14.5 Å². The molecule has 132 valence electrons. The predicted molar refractivity (Wildman–Crippen MR) is 91.0 cm³/mol. The number of carbonyl (C=O) groups excluding carboxylic acids is 1. The van der Waals surface area contributed by atoms with Gasteiger partial charge in [-0.2, -0.15) is 0 Å². The van der Waals surface area contributed by atoms with Crippen molar-refractivity contribution in [1.82, 2.24) is 10.2 Å². The third-order valence-electron chi connectivity index (χ3n) is 4.33. The van der Waals surface area contributed by atoms with Crippen LogP contribution in [0.15, 0.2) is 24.3 Å². The van der Waals surface area contributed by atoms with Crippen LogP contribution >= 0.6 is 0 Å². The number of nitrogens with one attached hydrogen (secondary N) is 1. The Labute approximate surface area is 142 Å². The Hall–Kier alpha value is -2.08. The standard InChI is InChI=1S/C18H26N2O4/c1-3-14(13-8-5-6-10-16(13)24-4-2)19-17(21)12-20-11-7-9-15(20)18(22)23/h5-6,8,10,14-15H,3-4,7,9,11-12H2,1-2H3,(H,19,21)(H,22,23)/t14-,15-/m1/s1. The van der Waals surface area contributed by atoms with Crippen molar-refractivity contribution in [3.05, 3.63) is 29.8 Å². The van der Waals surface area contributed by atoms with Gasteiger partial charge in [0.1, 0.15) is 11.8 Å². The van der Waals surface area contributed by atoms with Crippen LogP contribution in [-0.4, -0.2) is 47.6 Å². The molecule has 0 bridgehead atoms. The first-order chi connectivity index (χ1) is 11.6. The summed E-state index contributed by atoms with van der Waals surface area (Å²) in [4.78, 5) is 25.3. The maximum atomic E-state index is 12.4. The van der Waals surface area contributed by atoms with E-state index < -0.39 is 12.0 Å². The number of rotatable bonds is 8. The van der Waals surface area contributed by atoms with E-state index in [1.807, 2.05) is 38.1 Å². The molecule has 2 rings (SSSR count). The van der Waals surface area contributed by atoms with Gasteiger partial charge in [-0.15, -0.1) is 0 Å². The molecule has 1 heterocycles. The normalized spacial score (nSPS) is 19.0. The topological polar surface area (TPSA) is 78.9 Å². The maximum absolute atomic E-state index is 12.4. The second kappa shape index (κ2) is 8.68. The average molecular weight is 334 g/mol. The first-order valence-electron chi connectivity index (χ1n) is 8.54. The van der Waals surface area contributed by atoms with Crippen LogP contribution in [0.2, 0.25) is 0 Å². The Morgan fingerprint density at radius 2 is 2.12 bits per heavy atom. The van der Waals surface area contributed by atoms with Crippen molar-refractivity contribution in [3.63, 3.8) is 0 Å². The molecule has 0 radical (unpaired) electrons. The SMILES string of the molecule is CCOc1ccccc1[C@@H](CC)NC(=O)CN1CCC[C@@H]1C(=O)O. The minimum absolute atomic E-state index is 0.115. The minimum Gasteiger partial charge on any atom is -0.494 e. The van der Waals surface area contributed by atoms with E-state index in [9.17, 15) is 14.7 Å². The lowest BCUT2D eigenvalue weighted by Gasteiger charge is -2.24. The number of hydrogen-bond donors (Lipinski definition) is 2. The van der Waals surface area contributed by atoms with E-state index >= 15 is 0 Å². The number of para-hydroxylation sites is 1. The van der Waals surface area contributed by atoms with Gasteiger partial charge in [0.2, 0.25) is 5.91 Å². The Balaban J connectivity index is 2.02. The fourth-order valence-corrected chi connectivity index (χ4v) is 3.17. The quantitative estimate of drug-likeness (QED) is 0.762. The predicted octanol–water partition coefficient (Wildman–Crippen LogP) is 2.20. The van der Waals surface area contributed by atoms with Crippen molar-refractivity contribution in [1.29, 1.82) is 0 Å². The van der Waals surface area contributed by atoms with Gasteiger partial charge in [0.15, 0.2) is 0 Å². The maximum Gasteiger partial charge on any atom is 0.320 e. The summed E-state index contributed by atoms with van der Waals surface area (Å²) in [7, 11) is 0. The lowest BCUT2D eigenvalue weighted by molar-refractivity contribution is -0.142. The largest absolute Gasteiger partial charge is 0.494 e. The summed E-state index contributed by atoms with van der Waals surface area (Å²) in [5.74, 6) is -0.230. The van der Waals surface area contributed by atoms with Crippen molar-refractivity contribution < 1.29 is 19.4 Å². The van der Waals surface area contributed by atoms with Gasteiger partial charge in [0.25, 0.3) is 0 Å². The van der Waals surface area contributed by atoms with Gasteiger partial charge in [-0.25, -0.2) is 0 Å². The molecule has 0 aromatic heterocycles. The third-order valence-corrected chi connectivity index (χ3v) is 4.33. The van der Waals surface area contributed by atoms with Gasteiger partial charge >= 0.3 is 5.97 Å². The smallest absolute Gasteiger partial charge is 0.320 e. The Morgan fingerprint density at radius 3 is 2.79 bits per heavy atom. The second-order valence-electron chi connectivity index (χ2n) is 5.97. The molecule has 1 aliphatic heterocycles. The number of nitrogens with zero attached hydrogens (tertiary/aromatic N) is 1. The number of aliphatic carboxylic acids is 1. The molecule has 0 unspecified atom stereocenters. The van der Waals surface area contributed by atoms with Crippen molar-refractivity contribution in [3.8, 4) is 5.75 Å². The molecule has 0 aliphatic carbocycles. The van der Waals surface area contributed by atoms with Crippen LogP contribution in [0.25, 0.3) is 0 Å². The van der Waals surface area contributed by atoms with E-state index in [0.717, 1.165) is 24.2 Å². The van der Waals surface area contributed by atoms with E-state index in [1.165, 1.54) is 0 Å². The molecule has 1 saturated heterocycles. The van der Waals surface area contributed by atoms with Crippen LogP contribution in [0.4, 0.5) is 0 Å². The van der Waals surface area contributed by atoms with Crippen LogP contribution in [0, 0.1) is 0 Å². The summed E-state index contributed by atoms with van der Waals surface area (Å²) in [5.41, 5.74) is 0.950. The molecule has 2 N–H and O–H groups in total. The lowest BCUT2D eigenvalue weighted by atomic mass is 10.0. The van der Waals surface area contributed by atoms with Gasteiger partial charge in [-0.1, -0.05) is 25.1 Å². The molecule has 1 fully saturated rings. The first kappa shape index (κ1) is 18.3. The Bertz CT molecular complexity index is 576. The van der Waals surface area contributed by atoms with Crippen LogP contribution in [-0.2, 0) is 9.59 Å². The Morgan fingerprint density at radius 1 is 1.38 bits per heavy atom. The summed E-state index contributed by atoms with van der Waals surface area (Å²) in [6.07, 6.45) is 2.15. The Kier molecular flexibility index (Phi) is 6.61. The average Bonchev–Trinajstić information content (AvgIpc) is 3.02. The van der Waals surface area contributed by atoms with Crippen LogP contribution in [0.3, 0.4) is 0 Å². The molecule has 0 spiro atoms. The number of likely N-dealkylation sites (tertiary alicyclic amines) is 1. The van der Waals surface area contributed by atoms with Crippen LogP contribution < -0.4 is 10.1 Å². The number of carboxylic acid groups (broad SMARTS) is 1. The number of benzene rings is 1. The highest BCUT2D eigenvalue weighted by Crippen LogP contribution is 2.27. The molecule has 24 heavy (non-hydrogen) atoms. The fraction of sp³-hybridized carbons (Fsp3) is 0.556. The zero-order chi connectivity index (χ0) is 17.5. The van der Waals surface area contributed by atoms with Crippen molar-refractivity contribution in [2.24, 2.45) is 0 Å². The summed E-state index contributed by atoms with van der Waals surface area (Å²) < 4.78 is 5.64. The highest BCUT2D eigenvalue weighted by Gasteiger charge is 2.32. The van der Waals surface area contributed by atoms with E-state index in [4.69, 9.17) is 4.74 Å². The molecule has 1 amide bonds. The lowest BCUT2D eigenvalue weighted by Crippen LogP contribution is -2.43. The summed E-state index contributed by atoms with van der Waals surface area (Å²) >= 11 is 0. The highest BCUT2D eigenvalue weighted by molar-refractivity contribution is 5.80. The zero-order valence-corrected chi connectivity index (χ0v) is 14.3. The minimum atomic E-state index is -0.853. The summed E-state index contributed by atoms with van der Waals surface area (Å²) in [5, 5.41) is 12.2. The number of ether oxygens (including phenoxy) is 1. The van der Waals surface area contributed by atoms with Crippen LogP contribution in [0.5, 0.6) is 5.75 Å². The van der Waals surface area contributed by atoms with Gasteiger partial charge in [0.05, 0.1) is 19.2 Å². The van der Waals surface area contributed by atoms with E-state index in [2.05, 4.69) is 5.32 Å². The molecule has 0 saturated carbocycles. The van der Waals surface area contributed by atoms with Crippen molar-refractivity contribution >= 4 is 11.9 Å². The first-order valence-corrected chi connectivity index (χ1v) is 8.54. The van der Waals surface area contributed by atoms with Crippen LogP contribution in [0.1, 0.15) is 44.7 Å². The van der Waals surface area contributed by atoms with Gasteiger partial charge in [0, 0.05) is 5.56 Å². The zero-order valence-electron chi connectivity index (χ0n) is 14.3. The van der Waals surface area contributed by atoms with Crippen molar-refractivity contribution in [2.45, 2.75) is 45.2 Å². The summed E-state index contributed by atoms with van der Waals surface area (Å²) in [6, 6.07) is 6.99. The molecule has 1 aromatic carbocycles. The number of carbonyl (C=O) groups is 2. The van der Waals surface area contributed by atoms with Crippen molar-refractivity contribution in [2.75, 3.05) is 19.7 Å². The third kappa shape index (κ3) is 4.47. The monoisotopic (exact) mass is 334 g/mol.